The van der Waals surface area contributed by atoms with Gasteiger partial charge in [0, 0.05) is 15.9 Å². The van der Waals surface area contributed by atoms with Gasteiger partial charge in [0.05, 0.1) is 6.20 Å². The molecule has 0 spiro atoms. The van der Waals surface area contributed by atoms with Crippen LogP contribution in [0.5, 0.6) is 0 Å². The number of fused-ring (bicyclic) bond motifs is 1. The van der Waals surface area contributed by atoms with Crippen LogP contribution >= 0.6 is 15.9 Å². The third kappa shape index (κ3) is 1.55. The van der Waals surface area contributed by atoms with E-state index in [1.165, 1.54) is 0 Å². The molecule has 1 N–H and O–H groups in total. The average molecular weight is 235 g/mol. The number of halogens is 2. The average Bonchev–Trinajstić information content (AvgIpc) is 2.27. The second kappa shape index (κ2) is 3.25. The lowest BCUT2D eigenvalue weighted by molar-refractivity contribution is -0.748. The van der Waals surface area contributed by atoms with E-state index in [0.29, 0.717) is 4.74 Å². The van der Waals surface area contributed by atoms with Crippen molar-refractivity contribution in [3.8, 4) is 0 Å². The summed E-state index contributed by atoms with van der Waals surface area (Å²) < 4.78 is 0.621. The monoisotopic (exact) mass is 234 g/mol. The molecular weight excluding hydrogens is 231 g/mol. The smallest absolute Gasteiger partial charge is 0.278 e. The summed E-state index contributed by atoms with van der Waals surface area (Å²) in [5.74, 6) is 0.828. The third-order valence-corrected chi connectivity index (χ3v) is 1.56. The van der Waals surface area contributed by atoms with Crippen LogP contribution in [-0.4, -0.2) is 16.8 Å². The number of hydrogen-bond acceptors (Lipinski definition) is 3. The quantitative estimate of drug-likeness (QED) is 0.424. The largest absolute Gasteiger partial charge is 1.00 e. The van der Waals surface area contributed by atoms with Crippen molar-refractivity contribution < 1.29 is 17.4 Å². The molecular formula is C5H4BrClN4. The summed E-state index contributed by atoms with van der Waals surface area (Å²) in [4.78, 5) is 7.96. The van der Waals surface area contributed by atoms with Crippen LogP contribution in [0.25, 0.3) is 0 Å². The van der Waals surface area contributed by atoms with Gasteiger partial charge in [-0.15, -0.1) is 5.01 Å². The van der Waals surface area contributed by atoms with E-state index in [-0.39, 0.29) is 12.4 Å². The van der Waals surface area contributed by atoms with Crippen molar-refractivity contribution >= 4 is 32.7 Å². The van der Waals surface area contributed by atoms with Gasteiger partial charge in [0.15, 0.2) is 0 Å². The Morgan fingerprint density at radius 1 is 1.45 bits per heavy atom. The van der Waals surface area contributed by atoms with Gasteiger partial charge in [-0.05, 0) is 5.10 Å². The predicted octanol–water partition coefficient (Wildman–Crippen LogP) is -3.49. The predicted molar refractivity (Wildman–Crippen MR) is 42.4 cm³/mol. The first-order valence-electron chi connectivity index (χ1n) is 2.76. The lowest BCUT2D eigenvalue weighted by Crippen LogP contribution is -3.05. The molecule has 4 nitrogen and oxygen atoms in total. The van der Waals surface area contributed by atoms with Crippen LogP contribution in [0.4, 0.5) is 0 Å². The highest BCUT2D eigenvalue weighted by molar-refractivity contribution is 9.18. The molecule has 0 fully saturated rings. The molecule has 6 heteroatoms. The Hall–Kier alpha value is -0.520. The maximum Gasteiger partial charge on any atom is 0.278 e. The van der Waals surface area contributed by atoms with E-state index in [2.05, 4.69) is 31.0 Å². The zero-order valence-electron chi connectivity index (χ0n) is 5.33. The fourth-order valence-electron chi connectivity index (χ4n) is 0.783. The summed E-state index contributed by atoms with van der Waals surface area (Å²) in [5.41, 5.74) is 0. The van der Waals surface area contributed by atoms with Gasteiger partial charge < -0.3 is 12.4 Å². The topological polar surface area (TPSA) is 41.5 Å². The molecule has 2 rings (SSSR count). The third-order valence-electron chi connectivity index (χ3n) is 1.20. The second-order valence-corrected chi connectivity index (χ2v) is 2.57. The Morgan fingerprint density at radius 2 is 2.27 bits per heavy atom. The standard InChI is InChI=1S/C5H3BrN4.ClH/c6-5-8-4-3-7-1-2-10(4)9-5;/h1-3H;1H. The molecule has 2 heterocycles. The Bertz CT molecular complexity index is 280. The van der Waals surface area contributed by atoms with E-state index in [0.717, 1.165) is 10.8 Å². The molecule has 2 aliphatic heterocycles. The first-order valence-corrected chi connectivity index (χ1v) is 3.55. The highest BCUT2D eigenvalue weighted by Gasteiger charge is 2.22. The lowest BCUT2D eigenvalue weighted by Gasteiger charge is -2.00. The number of amidine groups is 2. The van der Waals surface area contributed by atoms with E-state index in [9.17, 15) is 0 Å². The summed E-state index contributed by atoms with van der Waals surface area (Å²) >= 11 is 3.17. The van der Waals surface area contributed by atoms with E-state index >= 15 is 0 Å². The molecule has 0 saturated heterocycles. The van der Waals surface area contributed by atoms with Crippen LogP contribution in [0.3, 0.4) is 0 Å². The molecule has 1 unspecified atom stereocenters. The van der Waals surface area contributed by atoms with E-state index in [4.69, 9.17) is 0 Å². The summed E-state index contributed by atoms with van der Waals surface area (Å²) in [5, 5.41) is 4.96. The molecule has 1 atom stereocenters. The Balaban J connectivity index is 0.000000605. The molecule has 0 radical (unpaired) electrons. The minimum absolute atomic E-state index is 0. The molecule has 0 saturated carbocycles. The number of hydrogen-bond donors (Lipinski definition) is 1. The van der Waals surface area contributed by atoms with Crippen LogP contribution in [0, 0.1) is 0 Å². The SMILES string of the molecule is BrC1=N[NH+]2C=CN=CC2=N1.[Cl-]. The second-order valence-electron chi connectivity index (χ2n) is 1.86. The van der Waals surface area contributed by atoms with E-state index < -0.39 is 0 Å². The summed E-state index contributed by atoms with van der Waals surface area (Å²) in [6.45, 7) is 0. The number of rotatable bonds is 0. The normalized spacial score (nSPS) is 25.4. The Morgan fingerprint density at radius 3 is 3.00 bits per heavy atom. The van der Waals surface area contributed by atoms with E-state index in [1.807, 2.05) is 6.20 Å². The van der Waals surface area contributed by atoms with Gasteiger partial charge >= 0.3 is 0 Å². The number of nitrogens with zero attached hydrogens (tertiary/aromatic N) is 3. The van der Waals surface area contributed by atoms with Crippen molar-refractivity contribution in [2.75, 3.05) is 0 Å². The van der Waals surface area contributed by atoms with Crippen molar-refractivity contribution in [1.82, 2.24) is 0 Å². The van der Waals surface area contributed by atoms with Crippen LogP contribution in [-0.2, 0) is 0 Å². The van der Waals surface area contributed by atoms with Crippen LogP contribution in [0.2, 0.25) is 0 Å². The Kier molecular flexibility index (Phi) is 2.53. The zero-order valence-corrected chi connectivity index (χ0v) is 7.67. The van der Waals surface area contributed by atoms with Crippen LogP contribution in [0.1, 0.15) is 0 Å². The minimum Gasteiger partial charge on any atom is -1.00 e. The molecule has 11 heavy (non-hydrogen) atoms. The summed E-state index contributed by atoms with van der Waals surface area (Å²) in [6, 6.07) is 0. The van der Waals surface area contributed by atoms with Gasteiger partial charge in [0.25, 0.3) is 10.6 Å². The molecule has 0 aromatic carbocycles. The maximum absolute atomic E-state index is 4.08. The molecule has 0 bridgehead atoms. The summed E-state index contributed by atoms with van der Waals surface area (Å²) in [6.07, 6.45) is 5.21. The van der Waals surface area contributed by atoms with Crippen LogP contribution < -0.4 is 17.4 Å². The van der Waals surface area contributed by atoms with Crippen molar-refractivity contribution in [1.29, 1.82) is 0 Å². The molecule has 2 aliphatic rings. The van der Waals surface area contributed by atoms with Gasteiger partial charge in [-0.2, -0.15) is 4.99 Å². The van der Waals surface area contributed by atoms with Crippen LogP contribution in [0.15, 0.2) is 27.5 Å². The Labute approximate surface area is 77.9 Å². The molecule has 58 valence electrons. The van der Waals surface area contributed by atoms with Gasteiger partial charge in [0.1, 0.15) is 12.4 Å². The maximum atomic E-state index is 4.08. The minimum atomic E-state index is 0. The van der Waals surface area contributed by atoms with Crippen molar-refractivity contribution in [2.24, 2.45) is 15.1 Å². The molecule has 0 aromatic heterocycles. The zero-order chi connectivity index (χ0) is 6.97. The molecule has 0 aliphatic carbocycles. The molecule has 0 aromatic rings. The number of aliphatic imine (C=N–C) groups is 2. The van der Waals surface area contributed by atoms with Crippen molar-refractivity contribution in [3.05, 3.63) is 12.4 Å². The van der Waals surface area contributed by atoms with Gasteiger partial charge in [0.2, 0.25) is 0 Å². The number of quaternary nitrogens is 1. The highest BCUT2D eigenvalue weighted by Crippen LogP contribution is 1.94. The number of nitrogens with one attached hydrogen (secondary N) is 1. The van der Waals surface area contributed by atoms with Crippen molar-refractivity contribution in [3.63, 3.8) is 0 Å². The van der Waals surface area contributed by atoms with Gasteiger partial charge in [-0.3, -0.25) is 4.99 Å². The van der Waals surface area contributed by atoms with Crippen molar-refractivity contribution in [2.45, 2.75) is 0 Å². The fraction of sp³-hybridized carbons (Fsp3) is 0. The van der Waals surface area contributed by atoms with Gasteiger partial charge in [-0.25, -0.2) is 0 Å². The van der Waals surface area contributed by atoms with E-state index in [1.54, 1.807) is 12.4 Å². The highest BCUT2D eigenvalue weighted by atomic mass is 79.9. The molecule has 0 amide bonds. The fourth-order valence-corrected chi connectivity index (χ4v) is 1.17. The summed E-state index contributed by atoms with van der Waals surface area (Å²) in [7, 11) is 0. The first-order chi connectivity index (χ1) is 4.86. The lowest BCUT2D eigenvalue weighted by atomic mass is 10.5. The first kappa shape index (κ1) is 8.58. The van der Waals surface area contributed by atoms with Gasteiger partial charge in [-0.1, -0.05) is 0 Å².